The third-order valence-electron chi connectivity index (χ3n) is 6.69. The second kappa shape index (κ2) is 28.9. The lowest BCUT2D eigenvalue weighted by Gasteiger charge is -2.24. The molecule has 0 aliphatic carbocycles. The molecule has 1 N–H and O–H groups in total. The zero-order chi connectivity index (χ0) is 34.4. The Hall–Kier alpha value is -2.29. The summed E-state index contributed by atoms with van der Waals surface area (Å²) >= 11 is 0. The van der Waals surface area contributed by atoms with Crippen molar-refractivity contribution in [3.63, 3.8) is 0 Å². The van der Waals surface area contributed by atoms with E-state index < -0.39 is 32.5 Å². The molecule has 0 bridgehead atoms. The van der Waals surface area contributed by atoms with E-state index in [9.17, 15) is 19.0 Å². The summed E-state index contributed by atoms with van der Waals surface area (Å²) in [4.78, 5) is 34.9. The molecule has 2 unspecified atom stereocenters. The highest BCUT2D eigenvalue weighted by molar-refractivity contribution is 7.47. The molecular formula is C36H63NO8P+. The number of nitrogens with zero attached hydrogens (tertiary/aromatic N) is 1. The Bertz CT molecular complexity index is 981. The van der Waals surface area contributed by atoms with Gasteiger partial charge in [0.2, 0.25) is 0 Å². The van der Waals surface area contributed by atoms with E-state index >= 15 is 0 Å². The molecule has 0 amide bonds. The number of carbonyl (C=O) groups is 2. The number of allylic oxidation sites excluding steroid dienone is 10. The van der Waals surface area contributed by atoms with Gasteiger partial charge in [0.05, 0.1) is 27.7 Å². The fourth-order valence-corrected chi connectivity index (χ4v) is 4.72. The summed E-state index contributed by atoms with van der Waals surface area (Å²) < 4.78 is 33.9. The second-order valence-corrected chi connectivity index (χ2v) is 13.7. The summed E-state index contributed by atoms with van der Waals surface area (Å²) in [7, 11) is 1.42. The second-order valence-electron chi connectivity index (χ2n) is 12.3. The molecule has 2 atom stereocenters. The van der Waals surface area contributed by atoms with Crippen LogP contribution in [-0.2, 0) is 32.7 Å². The monoisotopic (exact) mass is 668 g/mol. The van der Waals surface area contributed by atoms with E-state index in [1.807, 2.05) is 75.8 Å². The lowest BCUT2D eigenvalue weighted by molar-refractivity contribution is -0.870. The average molecular weight is 669 g/mol. The first-order chi connectivity index (χ1) is 22.0. The highest BCUT2D eigenvalue weighted by Gasteiger charge is 2.27. The van der Waals surface area contributed by atoms with E-state index in [0.717, 1.165) is 25.7 Å². The van der Waals surface area contributed by atoms with Crippen molar-refractivity contribution in [3.8, 4) is 0 Å². The predicted molar refractivity (Wildman–Crippen MR) is 187 cm³/mol. The van der Waals surface area contributed by atoms with E-state index in [1.165, 1.54) is 38.5 Å². The van der Waals surface area contributed by atoms with Crippen molar-refractivity contribution >= 4 is 19.8 Å². The van der Waals surface area contributed by atoms with Crippen molar-refractivity contribution in [1.29, 1.82) is 0 Å². The van der Waals surface area contributed by atoms with Crippen molar-refractivity contribution in [1.82, 2.24) is 0 Å². The van der Waals surface area contributed by atoms with Gasteiger partial charge in [0, 0.05) is 12.8 Å². The van der Waals surface area contributed by atoms with E-state index in [2.05, 4.69) is 19.9 Å². The van der Waals surface area contributed by atoms with Crippen LogP contribution in [0.5, 0.6) is 0 Å². The maximum absolute atomic E-state index is 12.5. The van der Waals surface area contributed by atoms with Gasteiger partial charge in [-0.05, 0) is 25.7 Å². The predicted octanol–water partition coefficient (Wildman–Crippen LogP) is 8.56. The summed E-state index contributed by atoms with van der Waals surface area (Å²) in [6.07, 6.45) is 31.5. The summed E-state index contributed by atoms with van der Waals surface area (Å²) in [5, 5.41) is 0. The Morgan fingerprint density at radius 1 is 0.696 bits per heavy atom. The third-order valence-corrected chi connectivity index (χ3v) is 7.67. The number of phosphoric acid groups is 1. The summed E-state index contributed by atoms with van der Waals surface area (Å²) in [6.45, 7) is 4.12. The number of unbranched alkanes of at least 4 members (excludes halogenated alkanes) is 9. The SMILES string of the molecule is CC/C=C/C=C/C=C/C=C/C=C/CCCC(=O)OC(COC(=O)CCCCCCCCCCC)COP(=O)(O)OCC[N+](C)(C)C. The van der Waals surface area contributed by atoms with E-state index in [4.69, 9.17) is 18.5 Å². The molecule has 0 rings (SSSR count). The number of hydrogen-bond acceptors (Lipinski definition) is 7. The standard InChI is InChI=1S/C36H62NO8P/c1-6-8-10-12-14-16-17-18-19-21-23-25-27-29-36(39)45-34(33-44-46(40,41)43-31-30-37(3,4)5)32-42-35(38)28-26-24-22-20-15-13-11-9-7-2/h8,10,12,14,16-19,21,23,34H,6-7,9,11,13,15,20,22,24-33H2,1-5H3/p+1/b10-8+,14-12+,17-16+,19-18+,23-21+. The average Bonchev–Trinajstić information content (AvgIpc) is 2.99. The van der Waals surface area contributed by atoms with Gasteiger partial charge in [0.1, 0.15) is 19.8 Å². The van der Waals surface area contributed by atoms with Crippen molar-refractivity contribution in [2.75, 3.05) is 47.5 Å². The maximum atomic E-state index is 12.5. The minimum absolute atomic E-state index is 0.0160. The Kier molecular flexibility index (Phi) is 27.5. The number of quaternary nitrogens is 1. The molecule has 0 fully saturated rings. The smallest absolute Gasteiger partial charge is 0.462 e. The maximum Gasteiger partial charge on any atom is 0.472 e. The van der Waals surface area contributed by atoms with Crippen molar-refractivity contribution in [2.45, 2.75) is 110 Å². The zero-order valence-electron chi connectivity index (χ0n) is 29.3. The number of ether oxygens (including phenoxy) is 2. The van der Waals surface area contributed by atoms with Gasteiger partial charge in [-0.3, -0.25) is 18.6 Å². The lowest BCUT2D eigenvalue weighted by Crippen LogP contribution is -2.37. The van der Waals surface area contributed by atoms with Crippen molar-refractivity contribution in [3.05, 3.63) is 60.8 Å². The molecule has 0 aromatic rings. The van der Waals surface area contributed by atoms with Gasteiger partial charge in [0.25, 0.3) is 0 Å². The Labute approximate surface area is 279 Å². The van der Waals surface area contributed by atoms with Crippen LogP contribution in [0.4, 0.5) is 0 Å². The van der Waals surface area contributed by atoms with Gasteiger partial charge in [-0.2, -0.15) is 0 Å². The van der Waals surface area contributed by atoms with Crippen LogP contribution in [0.25, 0.3) is 0 Å². The van der Waals surface area contributed by atoms with E-state index in [-0.39, 0.29) is 26.1 Å². The molecule has 0 heterocycles. The number of hydrogen-bond donors (Lipinski definition) is 1. The number of rotatable bonds is 29. The number of likely N-dealkylation sites (N-methyl/N-ethyl adjacent to an activating group) is 1. The van der Waals surface area contributed by atoms with Gasteiger partial charge in [-0.25, -0.2) is 4.57 Å². The van der Waals surface area contributed by atoms with Crippen molar-refractivity contribution < 1.29 is 42.1 Å². The molecule has 0 aliphatic rings. The molecule has 10 heteroatoms. The number of phosphoric ester groups is 1. The lowest BCUT2D eigenvalue weighted by atomic mass is 10.1. The largest absolute Gasteiger partial charge is 0.472 e. The van der Waals surface area contributed by atoms with Crippen molar-refractivity contribution in [2.24, 2.45) is 0 Å². The Morgan fingerprint density at radius 2 is 1.24 bits per heavy atom. The van der Waals surface area contributed by atoms with E-state index in [0.29, 0.717) is 23.9 Å². The molecule has 9 nitrogen and oxygen atoms in total. The van der Waals surface area contributed by atoms with Gasteiger partial charge in [-0.1, -0.05) is 126 Å². The molecule has 0 saturated heterocycles. The van der Waals surface area contributed by atoms with Gasteiger partial charge >= 0.3 is 19.8 Å². The quantitative estimate of drug-likeness (QED) is 0.0278. The number of esters is 2. The van der Waals surface area contributed by atoms with Gasteiger partial charge in [-0.15, -0.1) is 0 Å². The van der Waals surface area contributed by atoms with Crippen LogP contribution in [0.3, 0.4) is 0 Å². The van der Waals surface area contributed by atoms with Crippen LogP contribution < -0.4 is 0 Å². The minimum atomic E-state index is -4.38. The molecule has 0 aromatic heterocycles. The molecule has 0 spiro atoms. The van der Waals surface area contributed by atoms with E-state index in [1.54, 1.807) is 0 Å². The Morgan fingerprint density at radius 3 is 1.83 bits per heavy atom. The summed E-state index contributed by atoms with van der Waals surface area (Å²) in [6, 6.07) is 0. The first kappa shape index (κ1) is 43.7. The molecule has 0 radical (unpaired) electrons. The number of carbonyl (C=O) groups excluding carboxylic acids is 2. The van der Waals surface area contributed by atoms with Gasteiger partial charge < -0.3 is 18.9 Å². The topological polar surface area (TPSA) is 108 Å². The fraction of sp³-hybridized carbons (Fsp3) is 0.667. The van der Waals surface area contributed by atoms with Crippen LogP contribution >= 0.6 is 7.82 Å². The molecular weight excluding hydrogens is 605 g/mol. The highest BCUT2D eigenvalue weighted by atomic mass is 31.2. The first-order valence-corrected chi connectivity index (χ1v) is 18.6. The zero-order valence-corrected chi connectivity index (χ0v) is 30.2. The molecule has 0 aromatic carbocycles. The molecule has 264 valence electrons. The first-order valence-electron chi connectivity index (χ1n) is 17.1. The fourth-order valence-electron chi connectivity index (χ4n) is 3.98. The highest BCUT2D eigenvalue weighted by Crippen LogP contribution is 2.43. The van der Waals surface area contributed by atoms with Gasteiger partial charge in [0.15, 0.2) is 6.10 Å². The normalized spacial score (nSPS) is 14.7. The Balaban J connectivity index is 4.67. The van der Waals surface area contributed by atoms with Crippen LogP contribution in [-0.4, -0.2) is 74.9 Å². The molecule has 0 aliphatic heterocycles. The molecule has 46 heavy (non-hydrogen) atoms. The summed E-state index contributed by atoms with van der Waals surface area (Å²) in [5.41, 5.74) is 0. The van der Waals surface area contributed by atoms with Crippen LogP contribution in [0.1, 0.15) is 104 Å². The van der Waals surface area contributed by atoms with Crippen LogP contribution in [0.2, 0.25) is 0 Å². The summed E-state index contributed by atoms with van der Waals surface area (Å²) in [5.74, 6) is -0.897. The van der Waals surface area contributed by atoms with Crippen LogP contribution in [0, 0.1) is 0 Å². The molecule has 0 saturated carbocycles. The van der Waals surface area contributed by atoms with Crippen LogP contribution in [0.15, 0.2) is 60.8 Å². The third kappa shape index (κ3) is 31.7. The minimum Gasteiger partial charge on any atom is -0.462 e.